The molecule has 3 rings (SSSR count). The van der Waals surface area contributed by atoms with Gasteiger partial charge < -0.3 is 15.4 Å². The minimum atomic E-state index is 0.0908. The molecular formula is C20H32N4O. The second kappa shape index (κ2) is 8.19. The van der Waals surface area contributed by atoms with Crippen molar-refractivity contribution in [2.24, 2.45) is 10.9 Å². The average molecular weight is 345 g/mol. The number of benzene rings is 1. The van der Waals surface area contributed by atoms with E-state index >= 15 is 0 Å². The second-order valence-electron chi connectivity index (χ2n) is 7.73. The zero-order valence-electron chi connectivity index (χ0n) is 15.8. The Morgan fingerprint density at radius 3 is 2.60 bits per heavy atom. The van der Waals surface area contributed by atoms with Gasteiger partial charge in [0.2, 0.25) is 0 Å². The van der Waals surface area contributed by atoms with Gasteiger partial charge in [0.05, 0.1) is 13.2 Å². The van der Waals surface area contributed by atoms with Crippen LogP contribution in [0.25, 0.3) is 0 Å². The number of nitrogens with zero attached hydrogens (tertiary/aromatic N) is 2. The van der Waals surface area contributed by atoms with Crippen LogP contribution in [0.5, 0.6) is 0 Å². The molecule has 138 valence electrons. The lowest BCUT2D eigenvalue weighted by molar-refractivity contribution is -0.00834. The van der Waals surface area contributed by atoms with Crippen molar-refractivity contribution in [2.45, 2.75) is 31.7 Å². The molecule has 0 radical (unpaired) electrons. The third-order valence-corrected chi connectivity index (χ3v) is 5.46. The van der Waals surface area contributed by atoms with Crippen molar-refractivity contribution in [3.8, 4) is 0 Å². The predicted octanol–water partition coefficient (Wildman–Crippen LogP) is 2.07. The highest BCUT2D eigenvalue weighted by molar-refractivity contribution is 5.79. The molecule has 25 heavy (non-hydrogen) atoms. The first-order chi connectivity index (χ1) is 12.1. The van der Waals surface area contributed by atoms with Gasteiger partial charge in [-0.25, -0.2) is 0 Å². The molecule has 1 aliphatic carbocycles. The topological polar surface area (TPSA) is 48.9 Å². The van der Waals surface area contributed by atoms with Crippen LogP contribution in [0.3, 0.4) is 0 Å². The predicted molar refractivity (Wildman–Crippen MR) is 103 cm³/mol. The maximum atomic E-state index is 5.46. The Morgan fingerprint density at radius 2 is 1.92 bits per heavy atom. The van der Waals surface area contributed by atoms with Crippen LogP contribution in [0.2, 0.25) is 0 Å². The minimum absolute atomic E-state index is 0.0908. The Kier molecular flexibility index (Phi) is 5.97. The summed E-state index contributed by atoms with van der Waals surface area (Å²) in [5, 5.41) is 7.00. The Morgan fingerprint density at radius 1 is 1.20 bits per heavy atom. The molecule has 0 bridgehead atoms. The largest absolute Gasteiger partial charge is 0.379 e. The van der Waals surface area contributed by atoms with E-state index in [1.54, 1.807) is 0 Å². The number of guanidine groups is 1. The molecule has 5 nitrogen and oxygen atoms in total. The number of aliphatic imine (C=N–C) groups is 1. The van der Waals surface area contributed by atoms with E-state index in [1.165, 1.54) is 12.0 Å². The molecule has 2 fully saturated rings. The van der Waals surface area contributed by atoms with E-state index in [0.717, 1.165) is 45.4 Å². The second-order valence-corrected chi connectivity index (χ2v) is 7.73. The molecule has 0 spiro atoms. The Labute approximate surface area is 151 Å². The number of hydrogen-bond acceptors (Lipinski definition) is 3. The summed E-state index contributed by atoms with van der Waals surface area (Å²) in [4.78, 5) is 6.87. The molecule has 0 amide bonds. The van der Waals surface area contributed by atoms with E-state index in [9.17, 15) is 0 Å². The Hall–Kier alpha value is -1.59. The van der Waals surface area contributed by atoms with Crippen LogP contribution in [0.15, 0.2) is 35.3 Å². The van der Waals surface area contributed by atoms with E-state index < -0.39 is 0 Å². The highest BCUT2D eigenvalue weighted by Crippen LogP contribution is 2.46. The van der Waals surface area contributed by atoms with Crippen molar-refractivity contribution < 1.29 is 4.74 Å². The van der Waals surface area contributed by atoms with Crippen molar-refractivity contribution in [3.63, 3.8) is 0 Å². The fourth-order valence-corrected chi connectivity index (χ4v) is 3.61. The van der Waals surface area contributed by atoms with Gasteiger partial charge in [-0.05, 0) is 37.7 Å². The third kappa shape index (κ3) is 4.95. The van der Waals surface area contributed by atoms with E-state index in [-0.39, 0.29) is 5.54 Å². The van der Waals surface area contributed by atoms with Crippen LogP contribution >= 0.6 is 0 Å². The summed E-state index contributed by atoms with van der Waals surface area (Å²) in [7, 11) is 1.85. The number of rotatable bonds is 6. The lowest BCUT2D eigenvalue weighted by Gasteiger charge is -2.41. The Balaban J connectivity index is 1.41. The lowest BCUT2D eigenvalue weighted by Crippen LogP contribution is -2.56. The molecule has 2 N–H and O–H groups in total. The van der Waals surface area contributed by atoms with Crippen LogP contribution in [-0.4, -0.2) is 62.8 Å². The molecular weight excluding hydrogens is 312 g/mol. The zero-order valence-corrected chi connectivity index (χ0v) is 15.8. The van der Waals surface area contributed by atoms with E-state index in [2.05, 4.69) is 64.7 Å². The van der Waals surface area contributed by atoms with E-state index in [0.29, 0.717) is 11.8 Å². The number of hydrogen-bond donors (Lipinski definition) is 2. The van der Waals surface area contributed by atoms with Crippen LogP contribution in [0.1, 0.15) is 31.7 Å². The van der Waals surface area contributed by atoms with E-state index in [4.69, 9.17) is 4.74 Å². The van der Waals surface area contributed by atoms with Gasteiger partial charge in [0.25, 0.3) is 0 Å². The van der Waals surface area contributed by atoms with Gasteiger partial charge in [-0.3, -0.25) is 9.89 Å². The number of nitrogens with one attached hydrogen (secondary N) is 2. The Bertz CT molecular complexity index is 566. The lowest BCUT2D eigenvalue weighted by atomic mass is 10.0. The fraction of sp³-hybridized carbons (Fsp3) is 0.650. The summed E-state index contributed by atoms with van der Waals surface area (Å²) in [6.07, 6.45) is 1.27. The van der Waals surface area contributed by atoms with Gasteiger partial charge in [-0.15, -0.1) is 0 Å². The van der Waals surface area contributed by atoms with Crippen molar-refractivity contribution in [1.82, 2.24) is 15.5 Å². The molecule has 1 aliphatic heterocycles. The summed E-state index contributed by atoms with van der Waals surface area (Å²) in [6, 6.07) is 10.8. The average Bonchev–Trinajstić information content (AvgIpc) is 3.43. The van der Waals surface area contributed by atoms with Crippen LogP contribution in [-0.2, 0) is 4.74 Å². The van der Waals surface area contributed by atoms with Gasteiger partial charge in [-0.2, -0.15) is 0 Å². The standard InChI is InChI=1S/C20H32N4O/c1-20(2,24-9-11-25-12-10-24)15-23-19(21-3)22-14-17-13-18(17)16-7-5-4-6-8-16/h4-8,17-18H,9-15H2,1-3H3,(H2,21,22,23). The normalized spacial score (nSPS) is 24.8. The fourth-order valence-electron chi connectivity index (χ4n) is 3.61. The third-order valence-electron chi connectivity index (χ3n) is 5.46. The monoisotopic (exact) mass is 344 g/mol. The van der Waals surface area contributed by atoms with Gasteiger partial charge in [0, 0.05) is 38.8 Å². The van der Waals surface area contributed by atoms with Crippen LogP contribution in [0.4, 0.5) is 0 Å². The first-order valence-electron chi connectivity index (χ1n) is 9.42. The summed E-state index contributed by atoms with van der Waals surface area (Å²) >= 11 is 0. The van der Waals surface area contributed by atoms with Crippen molar-refractivity contribution >= 4 is 5.96 Å². The number of morpholine rings is 1. The molecule has 1 aromatic rings. The van der Waals surface area contributed by atoms with Crippen LogP contribution < -0.4 is 10.6 Å². The van der Waals surface area contributed by atoms with Crippen molar-refractivity contribution in [3.05, 3.63) is 35.9 Å². The van der Waals surface area contributed by atoms with Gasteiger partial charge >= 0.3 is 0 Å². The van der Waals surface area contributed by atoms with Gasteiger partial charge in [0.1, 0.15) is 0 Å². The van der Waals surface area contributed by atoms with E-state index in [1.807, 2.05) is 7.05 Å². The summed E-state index contributed by atoms with van der Waals surface area (Å²) in [5.74, 6) is 2.32. The first kappa shape index (κ1) is 18.2. The van der Waals surface area contributed by atoms with Crippen molar-refractivity contribution in [1.29, 1.82) is 0 Å². The number of ether oxygens (including phenoxy) is 1. The summed E-state index contributed by atoms with van der Waals surface area (Å²) < 4.78 is 5.46. The first-order valence-corrected chi connectivity index (χ1v) is 9.42. The highest BCUT2D eigenvalue weighted by Gasteiger charge is 2.38. The molecule has 2 aliphatic rings. The summed E-state index contributed by atoms with van der Waals surface area (Å²) in [6.45, 7) is 10.1. The maximum Gasteiger partial charge on any atom is 0.191 e. The smallest absolute Gasteiger partial charge is 0.191 e. The minimum Gasteiger partial charge on any atom is -0.379 e. The van der Waals surface area contributed by atoms with Gasteiger partial charge in [-0.1, -0.05) is 30.3 Å². The zero-order chi connectivity index (χ0) is 17.7. The molecule has 5 heteroatoms. The molecule has 0 aromatic heterocycles. The van der Waals surface area contributed by atoms with Gasteiger partial charge in [0.15, 0.2) is 5.96 Å². The summed E-state index contributed by atoms with van der Waals surface area (Å²) in [5.41, 5.74) is 1.55. The van der Waals surface area contributed by atoms with Crippen molar-refractivity contribution in [2.75, 3.05) is 46.4 Å². The molecule has 1 saturated heterocycles. The molecule has 1 heterocycles. The maximum absolute atomic E-state index is 5.46. The SMILES string of the molecule is CN=C(NCC1CC1c1ccccc1)NCC(C)(C)N1CCOCC1. The molecule has 1 saturated carbocycles. The molecule has 1 aromatic carbocycles. The molecule has 2 atom stereocenters. The quantitative estimate of drug-likeness (QED) is 0.613. The van der Waals surface area contributed by atoms with Crippen LogP contribution in [0, 0.1) is 5.92 Å². The highest BCUT2D eigenvalue weighted by atomic mass is 16.5. The molecule has 2 unspecified atom stereocenters.